The number of benzene rings is 1. The number of methoxy groups -OCH3 is 1. The van der Waals surface area contributed by atoms with E-state index in [0.29, 0.717) is 25.8 Å². The number of rotatable bonds is 5. The summed E-state index contributed by atoms with van der Waals surface area (Å²) in [4.78, 5) is 26.9. The van der Waals surface area contributed by atoms with Gasteiger partial charge in [-0.05, 0) is 24.1 Å². The van der Waals surface area contributed by atoms with Crippen molar-refractivity contribution in [1.82, 2.24) is 10.2 Å². The molecule has 2 heterocycles. The van der Waals surface area contributed by atoms with Gasteiger partial charge >= 0.3 is 0 Å². The van der Waals surface area contributed by atoms with Crippen molar-refractivity contribution < 1.29 is 19.1 Å². The Balaban J connectivity index is 1.65. The molecule has 1 aromatic carbocycles. The second kappa shape index (κ2) is 7.58. The minimum Gasteiger partial charge on any atom is -0.497 e. The highest BCUT2D eigenvalue weighted by molar-refractivity contribution is 5.97. The molecule has 1 N–H and O–H groups in total. The Morgan fingerprint density at radius 1 is 1.32 bits per heavy atom. The summed E-state index contributed by atoms with van der Waals surface area (Å²) in [5, 5.41) is 2.86. The SMILES string of the molecule is C#CCOC1CCN2C(=O)C(Cc3ccc(OC)cc3)NC(=O)C2C1. The lowest BCUT2D eigenvalue weighted by Gasteiger charge is -2.43. The van der Waals surface area contributed by atoms with Crippen LogP contribution in [0.5, 0.6) is 5.75 Å². The average molecular weight is 342 g/mol. The molecule has 1 aromatic rings. The van der Waals surface area contributed by atoms with E-state index in [2.05, 4.69) is 11.2 Å². The Morgan fingerprint density at radius 2 is 2.08 bits per heavy atom. The van der Waals surface area contributed by atoms with Gasteiger partial charge in [-0.15, -0.1) is 6.42 Å². The Morgan fingerprint density at radius 3 is 2.76 bits per heavy atom. The Labute approximate surface area is 147 Å². The number of hydrogen-bond acceptors (Lipinski definition) is 4. The first-order valence-corrected chi connectivity index (χ1v) is 8.41. The van der Waals surface area contributed by atoms with Crippen LogP contribution in [0.25, 0.3) is 0 Å². The first-order valence-electron chi connectivity index (χ1n) is 8.41. The number of piperidine rings is 1. The quantitative estimate of drug-likeness (QED) is 0.802. The van der Waals surface area contributed by atoms with Crippen LogP contribution in [-0.2, 0) is 20.7 Å². The summed E-state index contributed by atoms with van der Waals surface area (Å²) in [5.41, 5.74) is 0.977. The van der Waals surface area contributed by atoms with Crippen LogP contribution in [0.4, 0.5) is 0 Å². The number of terminal acetylenes is 1. The molecule has 3 unspecified atom stereocenters. The Hall–Kier alpha value is -2.52. The van der Waals surface area contributed by atoms with Gasteiger partial charge in [0.05, 0.1) is 13.2 Å². The molecule has 6 heteroatoms. The van der Waals surface area contributed by atoms with E-state index in [-0.39, 0.29) is 24.5 Å². The molecule has 0 bridgehead atoms. The predicted octanol–water partition coefficient (Wildman–Crippen LogP) is 0.745. The van der Waals surface area contributed by atoms with Crippen LogP contribution in [0.2, 0.25) is 0 Å². The van der Waals surface area contributed by atoms with E-state index < -0.39 is 12.1 Å². The Kier molecular flexibility index (Phi) is 5.25. The van der Waals surface area contributed by atoms with Gasteiger partial charge < -0.3 is 19.7 Å². The van der Waals surface area contributed by atoms with Gasteiger partial charge in [-0.1, -0.05) is 18.1 Å². The van der Waals surface area contributed by atoms with Crippen molar-refractivity contribution in [2.45, 2.75) is 37.5 Å². The van der Waals surface area contributed by atoms with Crippen LogP contribution >= 0.6 is 0 Å². The zero-order chi connectivity index (χ0) is 17.8. The highest BCUT2D eigenvalue weighted by Crippen LogP contribution is 2.25. The highest BCUT2D eigenvalue weighted by atomic mass is 16.5. The van der Waals surface area contributed by atoms with Crippen molar-refractivity contribution in [2.75, 3.05) is 20.3 Å². The van der Waals surface area contributed by atoms with Crippen LogP contribution < -0.4 is 10.1 Å². The van der Waals surface area contributed by atoms with Crippen molar-refractivity contribution >= 4 is 11.8 Å². The molecule has 2 amide bonds. The fourth-order valence-corrected chi connectivity index (χ4v) is 3.43. The van der Waals surface area contributed by atoms with E-state index in [1.165, 1.54) is 0 Å². The maximum absolute atomic E-state index is 12.8. The predicted molar refractivity (Wildman–Crippen MR) is 91.9 cm³/mol. The highest BCUT2D eigenvalue weighted by Gasteiger charge is 2.43. The maximum Gasteiger partial charge on any atom is 0.246 e. The van der Waals surface area contributed by atoms with Gasteiger partial charge in [0.15, 0.2) is 0 Å². The first-order chi connectivity index (χ1) is 12.1. The molecule has 3 atom stereocenters. The zero-order valence-corrected chi connectivity index (χ0v) is 14.2. The molecule has 132 valence electrons. The number of nitrogens with one attached hydrogen (secondary N) is 1. The summed E-state index contributed by atoms with van der Waals surface area (Å²) in [6.45, 7) is 0.748. The lowest BCUT2D eigenvalue weighted by Crippen LogP contribution is -2.66. The summed E-state index contributed by atoms with van der Waals surface area (Å²) < 4.78 is 10.7. The normalized spacial score (nSPS) is 25.8. The monoisotopic (exact) mass is 342 g/mol. The number of ether oxygens (including phenoxy) is 2. The number of nitrogens with zero attached hydrogens (tertiary/aromatic N) is 1. The zero-order valence-electron chi connectivity index (χ0n) is 14.2. The van der Waals surface area contributed by atoms with Gasteiger partial charge in [-0.25, -0.2) is 0 Å². The second-order valence-electron chi connectivity index (χ2n) is 6.32. The van der Waals surface area contributed by atoms with Gasteiger partial charge in [0, 0.05) is 19.4 Å². The molecule has 2 aliphatic rings. The molecule has 0 saturated carbocycles. The maximum atomic E-state index is 12.8. The third kappa shape index (κ3) is 3.77. The molecule has 0 aromatic heterocycles. The first kappa shape index (κ1) is 17.3. The molecule has 0 radical (unpaired) electrons. The van der Waals surface area contributed by atoms with Gasteiger partial charge in [0.1, 0.15) is 24.4 Å². The molecule has 3 rings (SSSR count). The van der Waals surface area contributed by atoms with Gasteiger partial charge in [0.25, 0.3) is 0 Å². The smallest absolute Gasteiger partial charge is 0.246 e. The van der Waals surface area contributed by atoms with Crippen molar-refractivity contribution in [3.05, 3.63) is 29.8 Å². The van der Waals surface area contributed by atoms with Gasteiger partial charge in [-0.3, -0.25) is 9.59 Å². The fraction of sp³-hybridized carbons (Fsp3) is 0.474. The number of piperazine rings is 1. The van der Waals surface area contributed by atoms with Crippen molar-refractivity contribution in [3.63, 3.8) is 0 Å². The topological polar surface area (TPSA) is 67.9 Å². The largest absolute Gasteiger partial charge is 0.497 e. The van der Waals surface area contributed by atoms with Crippen LogP contribution in [0, 0.1) is 12.3 Å². The Bertz CT molecular complexity index is 680. The number of carbonyl (C=O) groups excluding carboxylic acids is 2. The van der Waals surface area contributed by atoms with E-state index in [1.807, 2.05) is 24.3 Å². The van der Waals surface area contributed by atoms with Crippen molar-refractivity contribution in [3.8, 4) is 18.1 Å². The van der Waals surface area contributed by atoms with Crippen LogP contribution in [0.1, 0.15) is 18.4 Å². The standard InChI is InChI=1S/C19H22N2O4/c1-3-10-25-15-8-9-21-17(12-15)18(22)20-16(19(21)23)11-13-4-6-14(24-2)7-5-13/h1,4-7,15-17H,8-12H2,2H3,(H,20,22). The van der Waals surface area contributed by atoms with Gasteiger partial charge in [-0.2, -0.15) is 0 Å². The van der Waals surface area contributed by atoms with E-state index in [1.54, 1.807) is 12.0 Å². The van der Waals surface area contributed by atoms with Crippen LogP contribution in [0.15, 0.2) is 24.3 Å². The number of carbonyl (C=O) groups is 2. The van der Waals surface area contributed by atoms with Gasteiger partial charge in [0.2, 0.25) is 11.8 Å². The molecule has 25 heavy (non-hydrogen) atoms. The third-order valence-electron chi connectivity index (χ3n) is 4.76. The summed E-state index contributed by atoms with van der Waals surface area (Å²) in [5.74, 6) is 3.05. The fourth-order valence-electron chi connectivity index (χ4n) is 3.43. The molecule has 2 aliphatic heterocycles. The molecule has 6 nitrogen and oxygen atoms in total. The van der Waals surface area contributed by atoms with Crippen LogP contribution in [-0.4, -0.2) is 55.2 Å². The lowest BCUT2D eigenvalue weighted by molar-refractivity contribution is -0.154. The molecular formula is C19H22N2O4. The van der Waals surface area contributed by atoms with Crippen molar-refractivity contribution in [1.29, 1.82) is 0 Å². The molecule has 0 spiro atoms. The minimum atomic E-state index is -0.527. The number of fused-ring (bicyclic) bond motifs is 1. The average Bonchev–Trinajstić information content (AvgIpc) is 2.64. The van der Waals surface area contributed by atoms with Crippen molar-refractivity contribution in [2.24, 2.45) is 0 Å². The van der Waals surface area contributed by atoms with E-state index in [0.717, 1.165) is 11.3 Å². The summed E-state index contributed by atoms with van der Waals surface area (Å²) in [6.07, 6.45) is 6.80. The summed E-state index contributed by atoms with van der Waals surface area (Å²) in [6, 6.07) is 6.52. The summed E-state index contributed by atoms with van der Waals surface area (Å²) >= 11 is 0. The van der Waals surface area contributed by atoms with E-state index in [4.69, 9.17) is 15.9 Å². The lowest BCUT2D eigenvalue weighted by atomic mass is 9.93. The van der Waals surface area contributed by atoms with E-state index in [9.17, 15) is 9.59 Å². The summed E-state index contributed by atoms with van der Waals surface area (Å²) in [7, 11) is 1.61. The molecule has 2 saturated heterocycles. The minimum absolute atomic E-state index is 0.0317. The number of amides is 2. The number of hydrogen-bond donors (Lipinski definition) is 1. The molecular weight excluding hydrogens is 320 g/mol. The molecule has 2 fully saturated rings. The molecule has 0 aliphatic carbocycles. The van der Waals surface area contributed by atoms with Crippen LogP contribution in [0.3, 0.4) is 0 Å². The third-order valence-corrected chi connectivity index (χ3v) is 4.76. The van der Waals surface area contributed by atoms with E-state index >= 15 is 0 Å². The second-order valence-corrected chi connectivity index (χ2v) is 6.32.